The predicted octanol–water partition coefficient (Wildman–Crippen LogP) is 14.6. The molecule has 0 saturated carbocycles. The lowest BCUT2D eigenvalue weighted by atomic mass is 9.83. The number of fused-ring (bicyclic) bond motifs is 9. The maximum atomic E-state index is 6.75. The van der Waals surface area contributed by atoms with Gasteiger partial charge in [0.15, 0.2) is 11.4 Å². The average molecular weight is 731 g/mol. The molecule has 0 unspecified atom stereocenters. The van der Waals surface area contributed by atoms with E-state index in [4.69, 9.17) is 14.4 Å². The lowest BCUT2D eigenvalue weighted by Crippen LogP contribution is -1.98. The van der Waals surface area contributed by atoms with Crippen molar-refractivity contribution in [3.8, 4) is 56.0 Å². The second-order valence-corrected chi connectivity index (χ2v) is 15.3. The molecule has 11 rings (SSSR count). The fourth-order valence-electron chi connectivity index (χ4n) is 9.07. The van der Waals surface area contributed by atoms with Crippen LogP contribution in [0.1, 0.15) is 28.7 Å². The summed E-state index contributed by atoms with van der Waals surface area (Å²) in [6.45, 7) is 4.47. The van der Waals surface area contributed by atoms with Crippen molar-refractivity contribution in [3.05, 3.63) is 186 Å². The SMILES string of the molecule is Cc1ccccc1-c1c(C)cc(-c2ccc3c(c2)oc2c(-c4ccccc4)nc(-c4ccccc4)nc23)cc1-c1ccc2c(c1)c1c(c3ccccc32)C=CCC1. The van der Waals surface area contributed by atoms with E-state index >= 15 is 0 Å². The highest BCUT2D eigenvalue weighted by molar-refractivity contribution is 6.14. The number of furan rings is 1. The molecule has 8 aromatic carbocycles. The normalized spacial score (nSPS) is 12.5. The third kappa shape index (κ3) is 5.50. The molecule has 0 radical (unpaired) electrons. The number of allylic oxidation sites excluding steroid dienone is 1. The Morgan fingerprint density at radius 3 is 2.02 bits per heavy atom. The molecule has 3 heteroatoms. The Kier molecular flexibility index (Phi) is 7.75. The Morgan fingerprint density at radius 1 is 0.491 bits per heavy atom. The van der Waals surface area contributed by atoms with E-state index in [1.54, 1.807) is 0 Å². The van der Waals surface area contributed by atoms with Crippen molar-refractivity contribution in [3.63, 3.8) is 0 Å². The predicted molar refractivity (Wildman–Crippen MR) is 238 cm³/mol. The highest BCUT2D eigenvalue weighted by Gasteiger charge is 2.21. The van der Waals surface area contributed by atoms with E-state index in [1.165, 1.54) is 66.1 Å². The Morgan fingerprint density at radius 2 is 1.19 bits per heavy atom. The van der Waals surface area contributed by atoms with Gasteiger partial charge in [-0.2, -0.15) is 0 Å². The third-order valence-electron chi connectivity index (χ3n) is 11.8. The first kappa shape index (κ1) is 33.3. The van der Waals surface area contributed by atoms with Gasteiger partial charge in [0.2, 0.25) is 0 Å². The van der Waals surface area contributed by atoms with Gasteiger partial charge >= 0.3 is 0 Å². The second kappa shape index (κ2) is 13.3. The van der Waals surface area contributed by atoms with Crippen LogP contribution in [0.3, 0.4) is 0 Å². The number of rotatable bonds is 5. The molecule has 0 bridgehead atoms. The summed E-state index contributed by atoms with van der Waals surface area (Å²) in [7, 11) is 0. The van der Waals surface area contributed by atoms with Crippen LogP contribution in [-0.2, 0) is 6.42 Å². The van der Waals surface area contributed by atoms with Crippen molar-refractivity contribution in [1.82, 2.24) is 9.97 Å². The zero-order valence-electron chi connectivity index (χ0n) is 31.9. The van der Waals surface area contributed by atoms with Gasteiger partial charge in [0, 0.05) is 16.5 Å². The molecule has 1 aliphatic rings. The first-order valence-electron chi connectivity index (χ1n) is 19.8. The maximum absolute atomic E-state index is 6.75. The topological polar surface area (TPSA) is 38.9 Å². The van der Waals surface area contributed by atoms with Crippen molar-refractivity contribution in [1.29, 1.82) is 0 Å². The Bertz CT molecular complexity index is 3250. The van der Waals surface area contributed by atoms with Crippen molar-refractivity contribution in [2.24, 2.45) is 0 Å². The minimum absolute atomic E-state index is 0.682. The van der Waals surface area contributed by atoms with E-state index in [1.807, 2.05) is 36.4 Å². The minimum atomic E-state index is 0.682. The third-order valence-corrected chi connectivity index (χ3v) is 11.8. The molecule has 0 aliphatic heterocycles. The summed E-state index contributed by atoms with van der Waals surface area (Å²) in [4.78, 5) is 10.2. The van der Waals surface area contributed by atoms with Crippen LogP contribution in [0.2, 0.25) is 0 Å². The highest BCUT2D eigenvalue weighted by Crippen LogP contribution is 2.44. The fraction of sp³-hybridized carbons (Fsp3) is 0.0741. The lowest BCUT2D eigenvalue weighted by Gasteiger charge is -2.21. The molecule has 0 amide bonds. The van der Waals surface area contributed by atoms with E-state index in [9.17, 15) is 0 Å². The number of nitrogens with zero attached hydrogens (tertiary/aromatic N) is 2. The molecule has 57 heavy (non-hydrogen) atoms. The van der Waals surface area contributed by atoms with Gasteiger partial charge in [-0.3, -0.25) is 0 Å². The molecular formula is C54H38N2O. The molecule has 0 atom stereocenters. The second-order valence-electron chi connectivity index (χ2n) is 15.3. The van der Waals surface area contributed by atoms with Crippen LogP contribution in [0, 0.1) is 13.8 Å². The van der Waals surface area contributed by atoms with Gasteiger partial charge < -0.3 is 4.42 Å². The first-order chi connectivity index (χ1) is 28.1. The number of benzene rings is 8. The molecule has 1 aliphatic carbocycles. The molecule has 10 aromatic rings. The standard InChI is InChI=1S/C54H38N2O/c1-33-15-9-10-20-40(33)50-34(2)29-39(31-47(50)38-26-27-45-43-23-12-11-21-41(43)42-22-13-14-24-44(42)48(45)30-38)37-25-28-46-49(32-37)57-53-51(35-16-5-3-6-17-35)55-54(56-52(46)53)36-18-7-4-8-19-36/h3-13,15-23,25-32H,14,24H2,1-2H3. The average Bonchev–Trinajstić information content (AvgIpc) is 3.64. The maximum Gasteiger partial charge on any atom is 0.180 e. The summed E-state index contributed by atoms with van der Waals surface area (Å²) < 4.78 is 6.75. The molecule has 3 nitrogen and oxygen atoms in total. The van der Waals surface area contributed by atoms with Crippen molar-refractivity contribution < 1.29 is 4.42 Å². The number of hydrogen-bond donors (Lipinski definition) is 0. The van der Waals surface area contributed by atoms with Gasteiger partial charge in [-0.05, 0) is 128 Å². The van der Waals surface area contributed by atoms with Crippen LogP contribution >= 0.6 is 0 Å². The Hall–Kier alpha value is -7.10. The monoisotopic (exact) mass is 730 g/mol. The Balaban J connectivity index is 1.12. The summed E-state index contributed by atoms with van der Waals surface area (Å²) >= 11 is 0. The molecule has 0 fully saturated rings. The number of aryl methyl sites for hydroxylation is 3. The first-order valence-corrected chi connectivity index (χ1v) is 19.8. The zero-order valence-corrected chi connectivity index (χ0v) is 31.9. The van der Waals surface area contributed by atoms with E-state index in [0.717, 1.165) is 57.3 Å². The van der Waals surface area contributed by atoms with Crippen molar-refractivity contribution in [2.45, 2.75) is 26.7 Å². The quantitative estimate of drug-likeness (QED) is 0.166. The molecule has 2 heterocycles. The molecular weight excluding hydrogens is 693 g/mol. The molecule has 0 spiro atoms. The smallest absolute Gasteiger partial charge is 0.180 e. The minimum Gasteiger partial charge on any atom is -0.452 e. The summed E-state index contributed by atoms with van der Waals surface area (Å²) in [5.41, 5.74) is 17.6. The van der Waals surface area contributed by atoms with Gasteiger partial charge in [-0.1, -0.05) is 146 Å². The van der Waals surface area contributed by atoms with Crippen LogP contribution in [0.25, 0.3) is 106 Å². The van der Waals surface area contributed by atoms with Gasteiger partial charge in [0.05, 0.1) is 0 Å². The molecule has 270 valence electrons. The number of hydrogen-bond acceptors (Lipinski definition) is 3. The van der Waals surface area contributed by atoms with Gasteiger partial charge in [0.25, 0.3) is 0 Å². The molecule has 2 aromatic heterocycles. The van der Waals surface area contributed by atoms with E-state index in [0.29, 0.717) is 11.4 Å². The summed E-state index contributed by atoms with van der Waals surface area (Å²) in [5.74, 6) is 0.682. The highest BCUT2D eigenvalue weighted by atomic mass is 16.3. The largest absolute Gasteiger partial charge is 0.452 e. The van der Waals surface area contributed by atoms with Crippen LogP contribution in [-0.4, -0.2) is 9.97 Å². The van der Waals surface area contributed by atoms with Crippen LogP contribution in [0.5, 0.6) is 0 Å². The van der Waals surface area contributed by atoms with Crippen molar-refractivity contribution >= 4 is 49.7 Å². The summed E-state index contributed by atoms with van der Waals surface area (Å²) in [6, 6.07) is 56.5. The van der Waals surface area contributed by atoms with E-state index in [-0.39, 0.29) is 0 Å². The number of aromatic nitrogens is 2. The summed E-state index contributed by atoms with van der Waals surface area (Å²) in [5, 5.41) is 6.28. The van der Waals surface area contributed by atoms with Crippen LogP contribution in [0.15, 0.2) is 168 Å². The molecule has 0 saturated heterocycles. The van der Waals surface area contributed by atoms with Crippen LogP contribution in [0.4, 0.5) is 0 Å². The fourth-order valence-corrected chi connectivity index (χ4v) is 9.07. The van der Waals surface area contributed by atoms with E-state index in [2.05, 4.69) is 147 Å². The van der Waals surface area contributed by atoms with Gasteiger partial charge in [-0.15, -0.1) is 0 Å². The zero-order chi connectivity index (χ0) is 38.0. The van der Waals surface area contributed by atoms with Crippen LogP contribution < -0.4 is 0 Å². The lowest BCUT2D eigenvalue weighted by molar-refractivity contribution is 0.667. The van der Waals surface area contributed by atoms with Gasteiger partial charge in [-0.25, -0.2) is 9.97 Å². The van der Waals surface area contributed by atoms with Crippen molar-refractivity contribution in [2.75, 3.05) is 0 Å². The van der Waals surface area contributed by atoms with Gasteiger partial charge in [0.1, 0.15) is 16.8 Å². The Labute approximate surface area is 331 Å². The van der Waals surface area contributed by atoms with E-state index < -0.39 is 0 Å². The summed E-state index contributed by atoms with van der Waals surface area (Å²) in [6.07, 6.45) is 6.76. The molecule has 0 N–H and O–H groups in total.